The molecule has 7 nitrogen and oxygen atoms in total. The van der Waals surface area contributed by atoms with E-state index in [0.29, 0.717) is 24.3 Å². The van der Waals surface area contributed by atoms with Crippen LogP contribution in [0, 0.1) is 19.3 Å². The lowest BCUT2D eigenvalue weighted by atomic mass is 10.1. The number of nitrogens with one attached hydrogen (secondary N) is 1. The van der Waals surface area contributed by atoms with Crippen LogP contribution in [0.2, 0.25) is 0 Å². The summed E-state index contributed by atoms with van der Waals surface area (Å²) in [4.78, 5) is 18.0. The van der Waals surface area contributed by atoms with E-state index in [4.69, 9.17) is 5.41 Å². The number of rotatable bonds is 5. The van der Waals surface area contributed by atoms with Crippen LogP contribution in [0.4, 0.5) is 0 Å². The van der Waals surface area contributed by atoms with Gasteiger partial charge in [0.25, 0.3) is 5.56 Å². The Labute approximate surface area is 202 Å². The first-order valence-corrected chi connectivity index (χ1v) is 12.7. The second-order valence-electron chi connectivity index (χ2n) is 8.65. The molecular formula is C27H24N4O3S. The Morgan fingerprint density at radius 2 is 1.60 bits per heavy atom. The van der Waals surface area contributed by atoms with Gasteiger partial charge in [0.05, 0.1) is 10.3 Å². The van der Waals surface area contributed by atoms with E-state index in [0.717, 1.165) is 16.7 Å². The molecule has 0 aliphatic rings. The second-order valence-corrected chi connectivity index (χ2v) is 10.6. The van der Waals surface area contributed by atoms with Crippen molar-refractivity contribution in [3.8, 4) is 0 Å². The van der Waals surface area contributed by atoms with Crippen LogP contribution in [-0.2, 0) is 22.8 Å². The summed E-state index contributed by atoms with van der Waals surface area (Å²) in [5, 5.41) is 9.04. The summed E-state index contributed by atoms with van der Waals surface area (Å²) in [7, 11) is -4.05. The SMILES string of the molecule is Cc1ccc(S(=O)(=O)c2cc3c(=O)n4cc(C)ccc4nc3n(CCc3ccccc3)c2=N)cc1. The highest BCUT2D eigenvalue weighted by Gasteiger charge is 2.24. The molecule has 2 aromatic carbocycles. The average molecular weight is 485 g/mol. The van der Waals surface area contributed by atoms with Crippen LogP contribution in [0.3, 0.4) is 0 Å². The molecule has 176 valence electrons. The van der Waals surface area contributed by atoms with Crippen molar-refractivity contribution in [1.29, 1.82) is 5.41 Å². The van der Waals surface area contributed by atoms with Gasteiger partial charge in [-0.1, -0.05) is 54.1 Å². The molecule has 0 saturated carbocycles. The van der Waals surface area contributed by atoms with Crippen molar-refractivity contribution in [3.05, 3.63) is 112 Å². The van der Waals surface area contributed by atoms with Crippen molar-refractivity contribution in [2.75, 3.05) is 0 Å². The number of aromatic nitrogens is 3. The van der Waals surface area contributed by atoms with Crippen LogP contribution >= 0.6 is 0 Å². The number of hydrogen-bond donors (Lipinski definition) is 1. The number of hydrogen-bond acceptors (Lipinski definition) is 5. The summed E-state index contributed by atoms with van der Waals surface area (Å²) in [6, 6.07) is 21.1. The zero-order chi connectivity index (χ0) is 24.7. The summed E-state index contributed by atoms with van der Waals surface area (Å²) in [5.41, 5.74) is 3.00. The molecule has 0 saturated heterocycles. The van der Waals surface area contributed by atoms with E-state index in [1.807, 2.05) is 50.2 Å². The molecule has 0 spiro atoms. The van der Waals surface area contributed by atoms with E-state index in [2.05, 4.69) is 4.98 Å². The van der Waals surface area contributed by atoms with E-state index in [9.17, 15) is 13.2 Å². The molecule has 0 amide bonds. The third-order valence-electron chi connectivity index (χ3n) is 6.11. The first-order valence-electron chi connectivity index (χ1n) is 11.2. The molecule has 1 N–H and O–H groups in total. The van der Waals surface area contributed by atoms with Gasteiger partial charge in [0.15, 0.2) is 0 Å². The molecule has 0 bridgehead atoms. The normalized spacial score (nSPS) is 11.8. The Kier molecular flexibility index (Phi) is 5.61. The molecule has 0 aliphatic carbocycles. The number of benzene rings is 2. The Morgan fingerprint density at radius 3 is 2.31 bits per heavy atom. The van der Waals surface area contributed by atoms with Gasteiger partial charge in [-0.15, -0.1) is 0 Å². The first kappa shape index (κ1) is 22.7. The highest BCUT2D eigenvalue weighted by atomic mass is 32.2. The minimum Gasteiger partial charge on any atom is -0.309 e. The Bertz CT molecular complexity index is 1800. The summed E-state index contributed by atoms with van der Waals surface area (Å²) in [6.07, 6.45) is 2.23. The van der Waals surface area contributed by atoms with Crippen LogP contribution in [0.1, 0.15) is 16.7 Å². The molecule has 3 aromatic heterocycles. The molecule has 0 unspecified atom stereocenters. The van der Waals surface area contributed by atoms with Crippen molar-refractivity contribution in [3.63, 3.8) is 0 Å². The molecule has 5 aromatic rings. The van der Waals surface area contributed by atoms with Crippen molar-refractivity contribution < 1.29 is 8.42 Å². The summed E-state index contributed by atoms with van der Waals surface area (Å²) in [5.74, 6) is 0. The molecule has 3 heterocycles. The van der Waals surface area contributed by atoms with Gasteiger partial charge < -0.3 is 4.57 Å². The third-order valence-corrected chi connectivity index (χ3v) is 7.89. The number of fused-ring (bicyclic) bond motifs is 2. The Hall–Kier alpha value is -4.04. The van der Waals surface area contributed by atoms with Gasteiger partial charge in [0.2, 0.25) is 9.84 Å². The van der Waals surface area contributed by atoms with E-state index < -0.39 is 9.84 Å². The summed E-state index contributed by atoms with van der Waals surface area (Å²) < 4.78 is 30.2. The van der Waals surface area contributed by atoms with E-state index in [1.165, 1.54) is 27.2 Å². The quantitative estimate of drug-likeness (QED) is 0.384. The van der Waals surface area contributed by atoms with Crippen LogP contribution in [-0.4, -0.2) is 22.4 Å². The lowest BCUT2D eigenvalue weighted by Crippen LogP contribution is -2.30. The number of nitrogens with zero attached hydrogens (tertiary/aromatic N) is 3. The standard InChI is InChI=1S/C27H24N4O3S/c1-18-8-11-21(12-9-18)35(33,34)23-16-22-26(29-24-13-10-19(2)17-31(24)27(22)32)30(25(23)28)15-14-20-6-4-3-5-7-20/h3-13,16-17,28H,14-15H2,1-2H3. The fourth-order valence-electron chi connectivity index (χ4n) is 4.17. The molecule has 35 heavy (non-hydrogen) atoms. The van der Waals surface area contributed by atoms with Gasteiger partial charge >= 0.3 is 0 Å². The second kappa shape index (κ2) is 8.63. The number of pyridine rings is 2. The fraction of sp³-hybridized carbons (Fsp3) is 0.148. The summed E-state index contributed by atoms with van der Waals surface area (Å²) in [6.45, 7) is 4.04. The number of aryl methyl sites for hydroxylation is 4. The van der Waals surface area contributed by atoms with Crippen LogP contribution in [0.25, 0.3) is 16.7 Å². The van der Waals surface area contributed by atoms with Gasteiger partial charge in [-0.25, -0.2) is 13.4 Å². The highest BCUT2D eigenvalue weighted by molar-refractivity contribution is 7.91. The van der Waals surface area contributed by atoms with Crippen molar-refractivity contribution in [1.82, 2.24) is 14.0 Å². The van der Waals surface area contributed by atoms with E-state index in [-0.39, 0.29) is 26.2 Å². The van der Waals surface area contributed by atoms with Gasteiger partial charge in [0.1, 0.15) is 21.7 Å². The third kappa shape index (κ3) is 4.06. The van der Waals surface area contributed by atoms with Crippen LogP contribution in [0.15, 0.2) is 93.6 Å². The molecule has 8 heteroatoms. The molecular weight excluding hydrogens is 460 g/mol. The molecule has 0 radical (unpaired) electrons. The van der Waals surface area contributed by atoms with Gasteiger partial charge in [0, 0.05) is 12.7 Å². The maximum absolute atomic E-state index is 13.6. The van der Waals surface area contributed by atoms with Gasteiger partial charge in [-0.05, 0) is 55.7 Å². The fourth-order valence-corrected chi connectivity index (χ4v) is 5.56. The topological polar surface area (TPSA) is 97.3 Å². The van der Waals surface area contributed by atoms with Crippen molar-refractivity contribution in [2.24, 2.45) is 0 Å². The average Bonchev–Trinajstić information content (AvgIpc) is 2.85. The lowest BCUT2D eigenvalue weighted by molar-refractivity contribution is 0.588. The summed E-state index contributed by atoms with van der Waals surface area (Å²) >= 11 is 0. The minimum absolute atomic E-state index is 0.0789. The van der Waals surface area contributed by atoms with E-state index in [1.54, 1.807) is 24.4 Å². The van der Waals surface area contributed by atoms with Crippen molar-refractivity contribution >= 4 is 26.5 Å². The molecule has 5 rings (SSSR count). The first-order chi connectivity index (χ1) is 16.8. The lowest BCUT2D eigenvalue weighted by Gasteiger charge is -2.15. The van der Waals surface area contributed by atoms with Gasteiger partial charge in [-0.2, -0.15) is 0 Å². The molecule has 0 aliphatic heterocycles. The number of sulfone groups is 1. The minimum atomic E-state index is -4.05. The zero-order valence-corrected chi connectivity index (χ0v) is 20.2. The molecule has 0 atom stereocenters. The predicted molar refractivity (Wildman–Crippen MR) is 134 cm³/mol. The predicted octanol–water partition coefficient (Wildman–Crippen LogP) is 3.82. The van der Waals surface area contributed by atoms with Gasteiger partial charge in [-0.3, -0.25) is 14.6 Å². The maximum atomic E-state index is 13.6. The van der Waals surface area contributed by atoms with Crippen molar-refractivity contribution in [2.45, 2.75) is 36.6 Å². The zero-order valence-electron chi connectivity index (χ0n) is 19.4. The van der Waals surface area contributed by atoms with E-state index >= 15 is 0 Å². The Balaban J connectivity index is 1.81. The maximum Gasteiger partial charge on any atom is 0.267 e. The molecule has 0 fully saturated rings. The smallest absolute Gasteiger partial charge is 0.267 e. The Morgan fingerprint density at radius 1 is 0.914 bits per heavy atom. The van der Waals surface area contributed by atoms with Crippen LogP contribution in [0.5, 0.6) is 0 Å². The monoisotopic (exact) mass is 484 g/mol. The largest absolute Gasteiger partial charge is 0.309 e. The van der Waals surface area contributed by atoms with Crippen LogP contribution < -0.4 is 11.0 Å². The highest BCUT2D eigenvalue weighted by Crippen LogP contribution is 2.21.